The highest BCUT2D eigenvalue weighted by Crippen LogP contribution is 2.27. The van der Waals surface area contributed by atoms with Gasteiger partial charge in [0.1, 0.15) is 0 Å². The summed E-state index contributed by atoms with van der Waals surface area (Å²) in [5, 5.41) is 0. The van der Waals surface area contributed by atoms with Crippen molar-refractivity contribution >= 4 is 10.0 Å². The van der Waals surface area contributed by atoms with Crippen molar-refractivity contribution in [3.05, 3.63) is 59.9 Å². The van der Waals surface area contributed by atoms with E-state index in [1.165, 1.54) is 19.2 Å². The van der Waals surface area contributed by atoms with Crippen LogP contribution in [0.5, 0.6) is 5.75 Å². The second kappa shape index (κ2) is 9.03. The number of benzene rings is 2. The molecule has 0 aliphatic carbocycles. The van der Waals surface area contributed by atoms with Gasteiger partial charge in [-0.05, 0) is 55.6 Å². The lowest BCUT2D eigenvalue weighted by Crippen LogP contribution is -2.41. The molecule has 0 radical (unpaired) electrons. The standard InChI is InChI=1S/C21H27FN2O3S/c1-16-10-12-24(13-11-16)20(17-6-4-3-5-7-17)15-23-28(25,26)18-8-9-21(27-2)19(22)14-18/h3-9,14,16,20,23H,10-13,15H2,1-2H3. The molecule has 152 valence electrons. The zero-order chi connectivity index (χ0) is 20.1. The molecule has 1 unspecified atom stereocenters. The Labute approximate surface area is 166 Å². The molecular weight excluding hydrogens is 379 g/mol. The van der Waals surface area contributed by atoms with Crippen molar-refractivity contribution in [1.29, 1.82) is 0 Å². The lowest BCUT2D eigenvalue weighted by Gasteiger charge is -2.37. The van der Waals surface area contributed by atoms with Gasteiger partial charge in [-0.1, -0.05) is 37.3 Å². The summed E-state index contributed by atoms with van der Waals surface area (Å²) in [6.45, 7) is 4.34. The van der Waals surface area contributed by atoms with Crippen LogP contribution in [0.25, 0.3) is 0 Å². The number of nitrogens with one attached hydrogen (secondary N) is 1. The number of nitrogens with zero attached hydrogens (tertiary/aromatic N) is 1. The maximum Gasteiger partial charge on any atom is 0.240 e. The zero-order valence-electron chi connectivity index (χ0n) is 16.3. The summed E-state index contributed by atoms with van der Waals surface area (Å²) in [4.78, 5) is 2.22. The van der Waals surface area contributed by atoms with Crippen LogP contribution in [0.1, 0.15) is 31.4 Å². The number of methoxy groups -OCH3 is 1. The molecule has 1 fully saturated rings. The van der Waals surface area contributed by atoms with Crippen LogP contribution < -0.4 is 9.46 Å². The van der Waals surface area contributed by atoms with Gasteiger partial charge in [-0.2, -0.15) is 0 Å². The number of ether oxygens (including phenoxy) is 1. The van der Waals surface area contributed by atoms with Gasteiger partial charge in [-0.15, -0.1) is 0 Å². The first-order valence-corrected chi connectivity index (χ1v) is 11.0. The summed E-state index contributed by atoms with van der Waals surface area (Å²) < 4.78 is 46.9. The van der Waals surface area contributed by atoms with Crippen LogP contribution in [0.3, 0.4) is 0 Å². The molecule has 0 bridgehead atoms. The van der Waals surface area contributed by atoms with E-state index in [4.69, 9.17) is 4.74 Å². The van der Waals surface area contributed by atoms with E-state index in [1.807, 2.05) is 30.3 Å². The van der Waals surface area contributed by atoms with Crippen molar-refractivity contribution in [2.45, 2.75) is 30.7 Å². The molecule has 1 saturated heterocycles. The normalized spacial score (nSPS) is 17.4. The molecule has 5 nitrogen and oxygen atoms in total. The Morgan fingerprint density at radius 1 is 1.18 bits per heavy atom. The van der Waals surface area contributed by atoms with Gasteiger partial charge in [-0.3, -0.25) is 4.90 Å². The largest absolute Gasteiger partial charge is 0.494 e. The Kier molecular flexibility index (Phi) is 6.69. The maximum absolute atomic E-state index is 13.9. The average molecular weight is 407 g/mol. The van der Waals surface area contributed by atoms with E-state index in [-0.39, 0.29) is 23.2 Å². The molecule has 0 spiro atoms. The molecule has 1 heterocycles. The van der Waals surface area contributed by atoms with Crippen molar-refractivity contribution in [3.63, 3.8) is 0 Å². The number of rotatable bonds is 7. The smallest absolute Gasteiger partial charge is 0.240 e. The zero-order valence-corrected chi connectivity index (χ0v) is 17.1. The molecule has 28 heavy (non-hydrogen) atoms. The summed E-state index contributed by atoms with van der Waals surface area (Å²) in [7, 11) is -2.49. The molecule has 1 aliphatic heterocycles. The minimum atomic E-state index is -3.83. The number of hydrogen-bond acceptors (Lipinski definition) is 4. The first kappa shape index (κ1) is 20.8. The van der Waals surface area contributed by atoms with E-state index in [9.17, 15) is 12.8 Å². The second-order valence-corrected chi connectivity index (χ2v) is 9.06. The van der Waals surface area contributed by atoms with Gasteiger partial charge in [0, 0.05) is 12.6 Å². The molecule has 1 aliphatic rings. The summed E-state index contributed by atoms with van der Waals surface area (Å²) in [6, 6.07) is 13.5. The summed E-state index contributed by atoms with van der Waals surface area (Å²) >= 11 is 0. The van der Waals surface area contributed by atoms with Gasteiger partial charge in [0.05, 0.1) is 12.0 Å². The highest BCUT2D eigenvalue weighted by Gasteiger charge is 2.26. The van der Waals surface area contributed by atoms with Crippen LogP contribution in [0.2, 0.25) is 0 Å². The molecule has 3 rings (SSSR count). The highest BCUT2D eigenvalue weighted by molar-refractivity contribution is 7.89. The van der Waals surface area contributed by atoms with Crippen molar-refractivity contribution in [1.82, 2.24) is 9.62 Å². The molecular formula is C21H27FN2O3S. The quantitative estimate of drug-likeness (QED) is 0.764. The third-order valence-corrected chi connectivity index (χ3v) is 6.76. The number of piperidine rings is 1. The van der Waals surface area contributed by atoms with Gasteiger partial charge in [0.2, 0.25) is 10.0 Å². The van der Waals surface area contributed by atoms with Crippen molar-refractivity contribution < 1.29 is 17.5 Å². The lowest BCUT2D eigenvalue weighted by molar-refractivity contribution is 0.139. The average Bonchev–Trinajstić information content (AvgIpc) is 2.70. The van der Waals surface area contributed by atoms with E-state index in [2.05, 4.69) is 16.5 Å². The topological polar surface area (TPSA) is 58.6 Å². The Hall–Kier alpha value is -1.96. The minimum absolute atomic E-state index is 0.0172. The summed E-state index contributed by atoms with van der Waals surface area (Å²) in [5.41, 5.74) is 1.07. The predicted octanol–water partition coefficient (Wildman–Crippen LogP) is 3.59. The van der Waals surface area contributed by atoms with Crippen LogP contribution in [0.15, 0.2) is 53.4 Å². The van der Waals surface area contributed by atoms with Crippen LogP contribution in [0, 0.1) is 11.7 Å². The number of halogens is 1. The van der Waals surface area contributed by atoms with E-state index < -0.39 is 15.8 Å². The van der Waals surface area contributed by atoms with E-state index in [0.717, 1.165) is 37.6 Å². The molecule has 2 aromatic rings. The molecule has 0 amide bonds. The molecule has 0 aromatic heterocycles. The summed E-state index contributed by atoms with van der Waals surface area (Å²) in [6.07, 6.45) is 2.19. The fourth-order valence-electron chi connectivity index (χ4n) is 3.56. The van der Waals surface area contributed by atoms with Gasteiger partial charge >= 0.3 is 0 Å². The molecule has 7 heteroatoms. The Morgan fingerprint density at radius 3 is 2.46 bits per heavy atom. The Morgan fingerprint density at radius 2 is 1.86 bits per heavy atom. The van der Waals surface area contributed by atoms with Crippen LogP contribution in [-0.2, 0) is 10.0 Å². The molecule has 1 atom stereocenters. The van der Waals surface area contributed by atoms with E-state index in [0.29, 0.717) is 5.92 Å². The first-order chi connectivity index (χ1) is 13.4. The van der Waals surface area contributed by atoms with Gasteiger partial charge in [-0.25, -0.2) is 17.5 Å². The third kappa shape index (κ3) is 4.90. The van der Waals surface area contributed by atoms with Crippen molar-refractivity contribution in [3.8, 4) is 5.75 Å². The Bertz CT molecular complexity index is 882. The van der Waals surface area contributed by atoms with Crippen molar-refractivity contribution in [2.24, 2.45) is 5.92 Å². The van der Waals surface area contributed by atoms with Crippen LogP contribution in [-0.4, -0.2) is 40.1 Å². The lowest BCUT2D eigenvalue weighted by atomic mass is 9.96. The van der Waals surface area contributed by atoms with Gasteiger partial charge < -0.3 is 4.74 Å². The van der Waals surface area contributed by atoms with Crippen LogP contribution in [0.4, 0.5) is 4.39 Å². The molecule has 2 aromatic carbocycles. The monoisotopic (exact) mass is 406 g/mol. The maximum atomic E-state index is 13.9. The van der Waals surface area contributed by atoms with Gasteiger partial charge in [0.15, 0.2) is 11.6 Å². The fourth-order valence-corrected chi connectivity index (χ4v) is 4.61. The molecule has 0 saturated carbocycles. The number of likely N-dealkylation sites (tertiary alicyclic amines) is 1. The highest BCUT2D eigenvalue weighted by atomic mass is 32.2. The van der Waals surface area contributed by atoms with Crippen molar-refractivity contribution in [2.75, 3.05) is 26.7 Å². The first-order valence-electron chi connectivity index (χ1n) is 9.53. The second-order valence-electron chi connectivity index (χ2n) is 7.29. The van der Waals surface area contributed by atoms with E-state index in [1.54, 1.807) is 0 Å². The number of hydrogen-bond donors (Lipinski definition) is 1. The molecule has 1 N–H and O–H groups in total. The third-order valence-electron chi connectivity index (χ3n) is 5.34. The van der Waals surface area contributed by atoms with Crippen LogP contribution >= 0.6 is 0 Å². The Balaban J connectivity index is 1.78. The SMILES string of the molecule is COc1ccc(S(=O)(=O)NCC(c2ccccc2)N2CCC(C)CC2)cc1F. The number of sulfonamides is 1. The van der Waals surface area contributed by atoms with Gasteiger partial charge in [0.25, 0.3) is 0 Å². The fraction of sp³-hybridized carbons (Fsp3) is 0.429. The van der Waals surface area contributed by atoms with E-state index >= 15 is 0 Å². The summed E-state index contributed by atoms with van der Waals surface area (Å²) in [5.74, 6) is 0.00481. The minimum Gasteiger partial charge on any atom is -0.494 e. The predicted molar refractivity (Wildman–Crippen MR) is 107 cm³/mol.